The van der Waals surface area contributed by atoms with Gasteiger partial charge in [0, 0.05) is 11.6 Å². The van der Waals surface area contributed by atoms with E-state index in [2.05, 4.69) is 20.0 Å². The molecule has 3 aromatic rings. The number of nitrogens with zero attached hydrogens (tertiary/aromatic N) is 2. The van der Waals surface area contributed by atoms with Crippen molar-refractivity contribution in [1.82, 2.24) is 9.97 Å². The molecule has 1 N–H and O–H groups in total. The summed E-state index contributed by atoms with van der Waals surface area (Å²) in [5, 5.41) is 2.85. The van der Waals surface area contributed by atoms with E-state index in [1.165, 1.54) is 24.5 Å². The van der Waals surface area contributed by atoms with Crippen LogP contribution >= 0.6 is 0 Å². The molecule has 0 fully saturated rings. The number of alkyl halides is 3. The van der Waals surface area contributed by atoms with Crippen LogP contribution in [0.3, 0.4) is 0 Å². The van der Waals surface area contributed by atoms with Crippen LogP contribution in [-0.2, 0) is 9.53 Å². The minimum Gasteiger partial charge on any atom is -0.488 e. The van der Waals surface area contributed by atoms with E-state index in [1.54, 1.807) is 50.2 Å². The Kier molecular flexibility index (Phi) is 7.47. The summed E-state index contributed by atoms with van der Waals surface area (Å²) in [6, 6.07) is 13.9. The molecule has 0 saturated carbocycles. The third kappa shape index (κ3) is 6.64. The van der Waals surface area contributed by atoms with Crippen molar-refractivity contribution < 1.29 is 31.8 Å². The molecule has 0 saturated heterocycles. The van der Waals surface area contributed by atoms with E-state index in [-0.39, 0.29) is 24.2 Å². The lowest BCUT2D eigenvalue weighted by Crippen LogP contribution is -2.29. The van der Waals surface area contributed by atoms with Gasteiger partial charge in [0.15, 0.2) is 11.6 Å². The summed E-state index contributed by atoms with van der Waals surface area (Å²) in [5.41, 5.74) is 1.21. The van der Waals surface area contributed by atoms with Gasteiger partial charge in [-0.3, -0.25) is 0 Å². The molecule has 3 rings (SSSR count). The van der Waals surface area contributed by atoms with Crippen molar-refractivity contribution in [2.45, 2.75) is 32.2 Å². The summed E-state index contributed by atoms with van der Waals surface area (Å²) < 4.78 is 62.5. The molecule has 0 amide bonds. The first-order valence-electron chi connectivity index (χ1n) is 9.98. The molecule has 0 aliphatic carbocycles. The van der Waals surface area contributed by atoms with Crippen LogP contribution in [0.4, 0.5) is 23.4 Å². The van der Waals surface area contributed by atoms with E-state index in [1.807, 2.05) is 0 Å². The number of hydrogen-bond acceptors (Lipinski definition) is 6. The van der Waals surface area contributed by atoms with E-state index in [0.29, 0.717) is 16.8 Å². The zero-order valence-electron chi connectivity index (χ0n) is 17.8. The van der Waals surface area contributed by atoms with Crippen molar-refractivity contribution in [3.63, 3.8) is 0 Å². The topological polar surface area (TPSA) is 73.3 Å². The Morgan fingerprint density at radius 2 is 1.79 bits per heavy atom. The van der Waals surface area contributed by atoms with Gasteiger partial charge in [0.2, 0.25) is 0 Å². The molecule has 10 heteroatoms. The Morgan fingerprint density at radius 3 is 2.42 bits per heavy atom. The molecule has 0 spiro atoms. The van der Waals surface area contributed by atoms with Crippen molar-refractivity contribution >= 4 is 11.8 Å². The van der Waals surface area contributed by atoms with Crippen molar-refractivity contribution in [2.75, 3.05) is 11.9 Å². The third-order valence-corrected chi connectivity index (χ3v) is 4.38. The number of aromatic nitrogens is 2. The number of carbonyl (C=O) groups is 1. The molecular formula is C23H21F4N3O3. The van der Waals surface area contributed by atoms with E-state index in [9.17, 15) is 22.4 Å². The second-order valence-corrected chi connectivity index (χ2v) is 7.28. The number of ether oxygens (including phenoxy) is 2. The van der Waals surface area contributed by atoms with Gasteiger partial charge in [0.1, 0.15) is 18.2 Å². The quantitative estimate of drug-likeness (QED) is 0.360. The largest absolute Gasteiger partial charge is 0.490 e. The highest BCUT2D eigenvalue weighted by atomic mass is 19.4. The van der Waals surface area contributed by atoms with Crippen molar-refractivity contribution in [3.05, 3.63) is 72.3 Å². The van der Waals surface area contributed by atoms with Crippen molar-refractivity contribution in [3.8, 4) is 17.0 Å². The van der Waals surface area contributed by atoms with Gasteiger partial charge in [0.25, 0.3) is 0 Å². The molecule has 1 aromatic heterocycles. The fourth-order valence-corrected chi connectivity index (χ4v) is 2.91. The molecule has 0 radical (unpaired) electrons. The number of carbonyl (C=O) groups excluding carboxylic acids is 1. The minimum atomic E-state index is -5.12. The molecule has 1 atom stereocenters. The van der Waals surface area contributed by atoms with Crippen molar-refractivity contribution in [1.29, 1.82) is 0 Å². The zero-order valence-corrected chi connectivity index (χ0v) is 17.8. The lowest BCUT2D eigenvalue weighted by atomic mass is 10.1. The maximum Gasteiger partial charge on any atom is 0.490 e. The zero-order chi connectivity index (χ0) is 24.0. The number of anilines is 1. The lowest BCUT2D eigenvalue weighted by Gasteiger charge is -2.20. The molecule has 174 valence electrons. The van der Waals surface area contributed by atoms with Crippen LogP contribution in [0, 0.1) is 5.82 Å². The first kappa shape index (κ1) is 24.0. The molecule has 33 heavy (non-hydrogen) atoms. The number of esters is 1. The van der Waals surface area contributed by atoms with Crippen LogP contribution in [0.25, 0.3) is 11.3 Å². The first-order valence-corrected chi connectivity index (χ1v) is 9.98. The van der Waals surface area contributed by atoms with Crippen LogP contribution in [0.5, 0.6) is 5.75 Å². The number of nitrogens with one attached hydrogen (secondary N) is 1. The van der Waals surface area contributed by atoms with Crippen LogP contribution in [0.2, 0.25) is 0 Å². The average molecular weight is 463 g/mol. The SMILES string of the molecule is CC(C)Oc1ccc(-c2cc(NC[C@H](OC(=O)C(F)(F)F)c3ccccc3)ncn2)cc1F. The Labute approximate surface area is 187 Å². The number of benzene rings is 2. The van der Waals surface area contributed by atoms with Crippen LogP contribution in [0.15, 0.2) is 60.9 Å². The highest BCUT2D eigenvalue weighted by molar-refractivity contribution is 5.76. The van der Waals surface area contributed by atoms with E-state index < -0.39 is 24.1 Å². The maximum absolute atomic E-state index is 14.3. The normalized spacial score (nSPS) is 12.3. The van der Waals surface area contributed by atoms with Crippen LogP contribution < -0.4 is 10.1 Å². The highest BCUT2D eigenvalue weighted by Crippen LogP contribution is 2.27. The molecule has 0 aliphatic rings. The number of halogens is 4. The smallest absolute Gasteiger partial charge is 0.488 e. The van der Waals surface area contributed by atoms with Crippen LogP contribution in [0.1, 0.15) is 25.5 Å². The predicted octanol–water partition coefficient (Wildman–Crippen LogP) is 5.33. The molecule has 1 heterocycles. The Morgan fingerprint density at radius 1 is 1.06 bits per heavy atom. The van der Waals surface area contributed by atoms with Gasteiger partial charge in [-0.15, -0.1) is 0 Å². The second-order valence-electron chi connectivity index (χ2n) is 7.28. The molecule has 2 aromatic carbocycles. The second kappa shape index (κ2) is 10.3. The van der Waals surface area contributed by atoms with E-state index in [0.717, 1.165) is 0 Å². The van der Waals surface area contributed by atoms with Crippen molar-refractivity contribution in [2.24, 2.45) is 0 Å². The monoisotopic (exact) mass is 463 g/mol. The molecule has 6 nitrogen and oxygen atoms in total. The van der Waals surface area contributed by atoms with Crippen LogP contribution in [-0.4, -0.2) is 34.8 Å². The fourth-order valence-electron chi connectivity index (χ4n) is 2.91. The number of hydrogen-bond donors (Lipinski definition) is 1. The first-order chi connectivity index (χ1) is 15.6. The van der Waals surface area contributed by atoms with Gasteiger partial charge in [0.05, 0.1) is 18.3 Å². The van der Waals surface area contributed by atoms with Gasteiger partial charge in [-0.05, 0) is 37.6 Å². The summed E-state index contributed by atoms with van der Waals surface area (Å²) in [7, 11) is 0. The predicted molar refractivity (Wildman–Crippen MR) is 113 cm³/mol. The Bertz CT molecular complexity index is 1090. The minimum absolute atomic E-state index is 0.110. The van der Waals surface area contributed by atoms with E-state index in [4.69, 9.17) is 4.74 Å². The lowest BCUT2D eigenvalue weighted by molar-refractivity contribution is -0.204. The Hall–Kier alpha value is -3.69. The van der Waals surface area contributed by atoms with Gasteiger partial charge >= 0.3 is 12.1 Å². The van der Waals surface area contributed by atoms with Gasteiger partial charge < -0.3 is 14.8 Å². The summed E-state index contributed by atoms with van der Waals surface area (Å²) in [5.74, 6) is -2.48. The highest BCUT2D eigenvalue weighted by Gasteiger charge is 2.42. The third-order valence-electron chi connectivity index (χ3n) is 4.38. The summed E-state index contributed by atoms with van der Waals surface area (Å²) >= 11 is 0. The summed E-state index contributed by atoms with van der Waals surface area (Å²) in [6.45, 7) is 3.38. The van der Waals surface area contributed by atoms with Gasteiger partial charge in [-0.25, -0.2) is 19.2 Å². The van der Waals surface area contributed by atoms with Gasteiger partial charge in [-0.2, -0.15) is 13.2 Å². The maximum atomic E-state index is 14.3. The average Bonchev–Trinajstić information content (AvgIpc) is 2.77. The standard InChI is InChI=1S/C23H21F4N3O3/c1-14(2)32-19-9-8-16(10-17(19)24)18-11-21(30-13-29-18)28-12-20(15-6-4-3-5-7-15)33-22(31)23(25,26)27/h3-11,13-14,20H,12H2,1-2H3,(H,28,29,30)/t20-/m0/s1. The molecule has 0 aliphatic heterocycles. The molecule has 0 bridgehead atoms. The molecular weight excluding hydrogens is 442 g/mol. The molecule has 0 unspecified atom stereocenters. The number of rotatable bonds is 8. The summed E-state index contributed by atoms with van der Waals surface area (Å²) in [6.07, 6.45) is -5.30. The fraction of sp³-hybridized carbons (Fsp3) is 0.261. The summed E-state index contributed by atoms with van der Waals surface area (Å²) in [4.78, 5) is 19.5. The Balaban J connectivity index is 1.77. The van der Waals surface area contributed by atoms with E-state index >= 15 is 0 Å². The van der Waals surface area contributed by atoms with Gasteiger partial charge in [-0.1, -0.05) is 30.3 Å².